The molecule has 6 heteroatoms. The van der Waals surface area contributed by atoms with Crippen LogP contribution in [0.25, 0.3) is 0 Å². The molecule has 2 aromatic rings. The lowest BCUT2D eigenvalue weighted by Crippen LogP contribution is -2.02. The molecule has 2 rings (SSSR count). The number of hydrogen-bond acceptors (Lipinski definition) is 3. The minimum Gasteiger partial charge on any atom is -0.493 e. The van der Waals surface area contributed by atoms with Gasteiger partial charge in [0.2, 0.25) is 0 Å². The first kappa shape index (κ1) is 16.6. The lowest BCUT2D eigenvalue weighted by atomic mass is 10.2. The van der Waals surface area contributed by atoms with E-state index in [1.54, 1.807) is 7.11 Å². The van der Waals surface area contributed by atoms with Crippen LogP contribution in [0, 0.1) is 0 Å². The van der Waals surface area contributed by atoms with Gasteiger partial charge in [0, 0.05) is 21.6 Å². The Kier molecular flexibility index (Phi) is 5.93. The van der Waals surface area contributed by atoms with Crippen molar-refractivity contribution >= 4 is 43.5 Å². The molecule has 3 nitrogen and oxygen atoms in total. The first-order chi connectivity index (χ1) is 10.0. The zero-order valence-corrected chi connectivity index (χ0v) is 15.3. The summed E-state index contributed by atoms with van der Waals surface area (Å²) < 4.78 is 12.9. The summed E-state index contributed by atoms with van der Waals surface area (Å²) in [5.41, 5.74) is 7.52. The molecule has 0 aliphatic heterocycles. The summed E-state index contributed by atoms with van der Waals surface area (Å²) in [7, 11) is 1.60. The Morgan fingerprint density at radius 3 is 2.57 bits per heavy atom. The number of hydrogen-bond donors (Lipinski definition) is 1. The highest BCUT2D eigenvalue weighted by Crippen LogP contribution is 2.37. The van der Waals surface area contributed by atoms with Gasteiger partial charge in [-0.15, -0.1) is 0 Å². The van der Waals surface area contributed by atoms with Crippen molar-refractivity contribution in [3.8, 4) is 11.5 Å². The minimum absolute atomic E-state index is 0.350. The molecule has 0 amide bonds. The van der Waals surface area contributed by atoms with Gasteiger partial charge < -0.3 is 15.2 Å². The molecular formula is C15H14Br2ClNO2. The predicted molar refractivity (Wildman–Crippen MR) is 92.1 cm³/mol. The molecule has 0 aliphatic carbocycles. The van der Waals surface area contributed by atoms with Gasteiger partial charge in [0.25, 0.3) is 0 Å². The number of methoxy groups -OCH3 is 1. The van der Waals surface area contributed by atoms with Crippen LogP contribution in [0.3, 0.4) is 0 Å². The fourth-order valence-corrected chi connectivity index (χ4v) is 3.15. The molecule has 0 unspecified atom stereocenters. The molecule has 0 spiro atoms. The van der Waals surface area contributed by atoms with E-state index in [9.17, 15) is 0 Å². The molecule has 0 saturated heterocycles. The smallest absolute Gasteiger partial charge is 0.175 e. The van der Waals surface area contributed by atoms with Crippen molar-refractivity contribution in [2.75, 3.05) is 7.11 Å². The van der Waals surface area contributed by atoms with Gasteiger partial charge in [-0.1, -0.05) is 33.6 Å². The number of benzene rings is 2. The molecule has 0 saturated carbocycles. The highest BCUT2D eigenvalue weighted by molar-refractivity contribution is 9.10. The first-order valence-electron chi connectivity index (χ1n) is 6.18. The van der Waals surface area contributed by atoms with Crippen molar-refractivity contribution in [2.45, 2.75) is 13.2 Å². The van der Waals surface area contributed by atoms with Crippen LogP contribution in [-0.4, -0.2) is 7.11 Å². The van der Waals surface area contributed by atoms with Gasteiger partial charge in [0.05, 0.1) is 11.6 Å². The van der Waals surface area contributed by atoms with Gasteiger partial charge >= 0.3 is 0 Å². The number of rotatable bonds is 5. The van der Waals surface area contributed by atoms with Crippen LogP contribution in [0.4, 0.5) is 0 Å². The lowest BCUT2D eigenvalue weighted by Gasteiger charge is -2.14. The van der Waals surface area contributed by atoms with Crippen molar-refractivity contribution in [2.24, 2.45) is 5.73 Å². The second-order valence-electron chi connectivity index (χ2n) is 4.34. The van der Waals surface area contributed by atoms with Crippen molar-refractivity contribution in [1.29, 1.82) is 0 Å². The Hall–Kier alpha value is -0.750. The third-order valence-electron chi connectivity index (χ3n) is 2.91. The SMILES string of the molecule is COc1cc(CN)cc(Br)c1OCc1ccc(Br)cc1Cl. The highest BCUT2D eigenvalue weighted by Gasteiger charge is 2.12. The standard InChI is InChI=1S/C15H14Br2ClNO2/c1-20-14-5-9(7-19)4-12(17)15(14)21-8-10-2-3-11(16)6-13(10)18/h2-6H,7-8,19H2,1H3. The summed E-state index contributed by atoms with van der Waals surface area (Å²) >= 11 is 13.0. The van der Waals surface area contributed by atoms with Gasteiger partial charge in [-0.2, -0.15) is 0 Å². The molecule has 2 aromatic carbocycles. The van der Waals surface area contributed by atoms with E-state index in [1.165, 1.54) is 0 Å². The fourth-order valence-electron chi connectivity index (χ4n) is 1.82. The third-order valence-corrected chi connectivity index (χ3v) is 4.35. The highest BCUT2D eigenvalue weighted by atomic mass is 79.9. The Bertz CT molecular complexity index is 650. The summed E-state index contributed by atoms with van der Waals surface area (Å²) in [5.74, 6) is 1.27. The summed E-state index contributed by atoms with van der Waals surface area (Å²) in [4.78, 5) is 0. The number of ether oxygens (including phenoxy) is 2. The molecule has 0 fully saturated rings. The van der Waals surface area contributed by atoms with E-state index in [0.29, 0.717) is 29.7 Å². The van der Waals surface area contributed by atoms with E-state index < -0.39 is 0 Å². The molecule has 0 aliphatic rings. The van der Waals surface area contributed by atoms with E-state index in [2.05, 4.69) is 31.9 Å². The minimum atomic E-state index is 0.350. The van der Waals surface area contributed by atoms with E-state index >= 15 is 0 Å². The quantitative estimate of drug-likeness (QED) is 0.726. The second kappa shape index (κ2) is 7.49. The normalized spacial score (nSPS) is 10.5. The molecule has 0 aromatic heterocycles. The predicted octanol–water partition coefficient (Wildman–Crippen LogP) is 4.91. The molecule has 0 heterocycles. The Morgan fingerprint density at radius 1 is 1.19 bits per heavy atom. The van der Waals surface area contributed by atoms with Crippen LogP contribution < -0.4 is 15.2 Å². The first-order valence-corrected chi connectivity index (χ1v) is 8.14. The van der Waals surface area contributed by atoms with Gasteiger partial charge in [-0.3, -0.25) is 0 Å². The molecule has 0 bridgehead atoms. The van der Waals surface area contributed by atoms with E-state index in [1.807, 2.05) is 30.3 Å². The largest absolute Gasteiger partial charge is 0.493 e. The Morgan fingerprint density at radius 2 is 1.95 bits per heavy atom. The topological polar surface area (TPSA) is 44.5 Å². The Labute approximate surface area is 145 Å². The van der Waals surface area contributed by atoms with E-state index in [4.69, 9.17) is 26.8 Å². The molecule has 0 radical (unpaired) electrons. The van der Waals surface area contributed by atoms with Crippen LogP contribution >= 0.6 is 43.5 Å². The zero-order valence-electron chi connectivity index (χ0n) is 11.3. The maximum atomic E-state index is 6.19. The lowest BCUT2D eigenvalue weighted by molar-refractivity contribution is 0.282. The van der Waals surface area contributed by atoms with Gasteiger partial charge in [0.1, 0.15) is 6.61 Å². The number of nitrogens with two attached hydrogens (primary N) is 1. The monoisotopic (exact) mass is 433 g/mol. The average molecular weight is 436 g/mol. The summed E-state index contributed by atoms with van der Waals surface area (Å²) in [6.45, 7) is 0.789. The second-order valence-corrected chi connectivity index (χ2v) is 6.51. The molecule has 112 valence electrons. The fraction of sp³-hybridized carbons (Fsp3) is 0.200. The molecule has 0 atom stereocenters. The van der Waals surface area contributed by atoms with Crippen LogP contribution in [0.2, 0.25) is 5.02 Å². The average Bonchev–Trinajstić information content (AvgIpc) is 2.46. The van der Waals surface area contributed by atoms with Crippen LogP contribution in [0.1, 0.15) is 11.1 Å². The maximum Gasteiger partial charge on any atom is 0.175 e. The molecule has 21 heavy (non-hydrogen) atoms. The van der Waals surface area contributed by atoms with Crippen molar-refractivity contribution in [3.05, 3.63) is 55.4 Å². The molecular weight excluding hydrogens is 421 g/mol. The molecule has 2 N–H and O–H groups in total. The van der Waals surface area contributed by atoms with E-state index in [-0.39, 0.29) is 0 Å². The van der Waals surface area contributed by atoms with Crippen LogP contribution in [0.5, 0.6) is 11.5 Å². The zero-order chi connectivity index (χ0) is 15.4. The van der Waals surface area contributed by atoms with Crippen molar-refractivity contribution in [3.63, 3.8) is 0 Å². The Balaban J connectivity index is 2.23. The summed E-state index contributed by atoms with van der Waals surface area (Å²) in [6.07, 6.45) is 0. The summed E-state index contributed by atoms with van der Waals surface area (Å²) in [6, 6.07) is 9.46. The van der Waals surface area contributed by atoms with Crippen LogP contribution in [0.15, 0.2) is 39.3 Å². The van der Waals surface area contributed by atoms with Crippen LogP contribution in [-0.2, 0) is 13.2 Å². The maximum absolute atomic E-state index is 6.19. The van der Waals surface area contributed by atoms with Gasteiger partial charge in [-0.05, 0) is 45.8 Å². The van der Waals surface area contributed by atoms with Gasteiger partial charge in [0.15, 0.2) is 11.5 Å². The summed E-state index contributed by atoms with van der Waals surface area (Å²) in [5, 5.41) is 0.651. The van der Waals surface area contributed by atoms with E-state index in [0.717, 1.165) is 20.1 Å². The third kappa shape index (κ3) is 4.13. The number of halogens is 3. The van der Waals surface area contributed by atoms with Gasteiger partial charge in [-0.25, -0.2) is 0 Å². The van der Waals surface area contributed by atoms with Crippen molar-refractivity contribution in [1.82, 2.24) is 0 Å². The van der Waals surface area contributed by atoms with Crippen molar-refractivity contribution < 1.29 is 9.47 Å².